The molecule has 0 aromatic rings. The van der Waals surface area contributed by atoms with Crippen molar-refractivity contribution < 1.29 is 0 Å². The highest BCUT2D eigenvalue weighted by Crippen LogP contribution is 2.33. The molecule has 0 aliphatic heterocycles. The summed E-state index contributed by atoms with van der Waals surface area (Å²) in [5.74, 6) is 2.05. The van der Waals surface area contributed by atoms with Crippen LogP contribution in [0, 0.1) is 11.8 Å². The summed E-state index contributed by atoms with van der Waals surface area (Å²) in [5, 5.41) is 0. The quantitative estimate of drug-likeness (QED) is 0.437. The zero-order chi connectivity index (χ0) is 15.3. The molecule has 0 fully saturated rings. The van der Waals surface area contributed by atoms with Crippen LogP contribution in [-0.2, 0) is 0 Å². The van der Waals surface area contributed by atoms with Crippen molar-refractivity contribution in [1.82, 2.24) is 0 Å². The van der Waals surface area contributed by atoms with Gasteiger partial charge in [-0.3, -0.25) is 0 Å². The van der Waals surface area contributed by atoms with Crippen LogP contribution in [0.4, 0.5) is 0 Å². The lowest BCUT2D eigenvalue weighted by molar-refractivity contribution is 0.242. The van der Waals surface area contributed by atoms with Crippen LogP contribution in [0.5, 0.6) is 0 Å². The zero-order valence-electron chi connectivity index (χ0n) is 14.8. The van der Waals surface area contributed by atoms with E-state index in [1.54, 1.807) is 0 Å². The summed E-state index contributed by atoms with van der Waals surface area (Å²) in [6.07, 6.45) is 32.6. The Morgan fingerprint density at radius 2 is 0.727 bits per heavy atom. The summed E-state index contributed by atoms with van der Waals surface area (Å²) in [6.45, 7) is 0. The molecule has 0 radical (unpaired) electrons. The van der Waals surface area contributed by atoms with Crippen molar-refractivity contribution in [3.8, 4) is 0 Å². The van der Waals surface area contributed by atoms with Gasteiger partial charge in [-0.05, 0) is 76.0 Å². The van der Waals surface area contributed by atoms with E-state index in [-0.39, 0.29) is 0 Å². The molecule has 0 heteroatoms. The lowest BCUT2D eigenvalue weighted by atomic mass is 9.78. The van der Waals surface area contributed by atoms with E-state index in [4.69, 9.17) is 0 Å². The van der Waals surface area contributed by atoms with Crippen molar-refractivity contribution in [2.24, 2.45) is 11.8 Å². The molecule has 2 aliphatic rings. The minimum atomic E-state index is 1.02. The maximum atomic E-state index is 2.45. The Morgan fingerprint density at radius 3 is 1.18 bits per heavy atom. The van der Waals surface area contributed by atoms with E-state index in [9.17, 15) is 0 Å². The van der Waals surface area contributed by atoms with E-state index >= 15 is 0 Å². The average molecular weight is 303 g/mol. The predicted molar refractivity (Wildman–Crippen MR) is 99.1 cm³/mol. The molecule has 2 rings (SSSR count). The Balaban J connectivity index is 1.87. The largest absolute Gasteiger partial charge is 0.0885 e. The zero-order valence-corrected chi connectivity index (χ0v) is 14.8. The fourth-order valence-electron chi connectivity index (χ4n) is 4.39. The summed E-state index contributed by atoms with van der Waals surface area (Å²) in [7, 11) is 0. The van der Waals surface area contributed by atoms with Crippen molar-refractivity contribution >= 4 is 0 Å². The molecule has 0 heterocycles. The highest BCUT2D eigenvalue weighted by Gasteiger charge is 2.20. The van der Waals surface area contributed by atoms with Gasteiger partial charge in [0.15, 0.2) is 0 Å². The minimum absolute atomic E-state index is 1.02. The smallest absolute Gasteiger partial charge is 0.0351 e. The Morgan fingerprint density at radius 1 is 0.364 bits per heavy atom. The SMILES string of the molecule is C1=CCCCC(C2CCC/C=C\CCCCC2)CCCCC1. The Labute approximate surface area is 139 Å². The molecule has 0 N–H and O–H groups in total. The minimum Gasteiger partial charge on any atom is -0.0885 e. The molecule has 2 atom stereocenters. The van der Waals surface area contributed by atoms with Gasteiger partial charge in [-0.2, -0.15) is 0 Å². The monoisotopic (exact) mass is 302 g/mol. The molecule has 0 amide bonds. The second-order valence-corrected chi connectivity index (χ2v) is 7.60. The summed E-state index contributed by atoms with van der Waals surface area (Å²) >= 11 is 0. The van der Waals surface area contributed by atoms with Crippen LogP contribution in [0.2, 0.25) is 0 Å². The topological polar surface area (TPSA) is 0 Å². The third-order valence-electron chi connectivity index (χ3n) is 5.78. The van der Waals surface area contributed by atoms with Crippen molar-refractivity contribution in [2.75, 3.05) is 0 Å². The number of allylic oxidation sites excluding steroid dienone is 4. The Bertz CT molecular complexity index is 280. The van der Waals surface area contributed by atoms with Gasteiger partial charge < -0.3 is 0 Å². The molecule has 22 heavy (non-hydrogen) atoms. The summed E-state index contributed by atoms with van der Waals surface area (Å²) < 4.78 is 0. The third kappa shape index (κ3) is 7.65. The van der Waals surface area contributed by atoms with Crippen LogP contribution in [0.15, 0.2) is 24.3 Å². The molecule has 0 saturated heterocycles. The van der Waals surface area contributed by atoms with Gasteiger partial charge >= 0.3 is 0 Å². The summed E-state index contributed by atoms with van der Waals surface area (Å²) in [4.78, 5) is 0. The van der Waals surface area contributed by atoms with Crippen LogP contribution in [0.25, 0.3) is 0 Å². The van der Waals surface area contributed by atoms with Gasteiger partial charge in [0.25, 0.3) is 0 Å². The molecule has 0 bridgehead atoms. The predicted octanol–water partition coefficient (Wildman–Crippen LogP) is 7.60. The van der Waals surface area contributed by atoms with Gasteiger partial charge in [-0.25, -0.2) is 0 Å². The molecule has 2 aliphatic carbocycles. The van der Waals surface area contributed by atoms with E-state index < -0.39 is 0 Å². The molecule has 2 unspecified atom stereocenters. The molecular formula is C22H38. The van der Waals surface area contributed by atoms with Gasteiger partial charge in [0, 0.05) is 0 Å². The van der Waals surface area contributed by atoms with Crippen LogP contribution < -0.4 is 0 Å². The van der Waals surface area contributed by atoms with Gasteiger partial charge in [-0.15, -0.1) is 0 Å². The van der Waals surface area contributed by atoms with E-state index in [1.807, 2.05) is 0 Å². The normalized spacial score (nSPS) is 31.6. The molecule has 126 valence electrons. The first-order valence-electron chi connectivity index (χ1n) is 10.3. The molecular weight excluding hydrogens is 264 g/mol. The second-order valence-electron chi connectivity index (χ2n) is 7.60. The van der Waals surface area contributed by atoms with Crippen LogP contribution in [0.3, 0.4) is 0 Å². The highest BCUT2D eigenvalue weighted by molar-refractivity contribution is 4.85. The summed E-state index contributed by atoms with van der Waals surface area (Å²) in [5.41, 5.74) is 0. The van der Waals surface area contributed by atoms with Gasteiger partial charge in [0.1, 0.15) is 0 Å². The Hall–Kier alpha value is -0.520. The number of hydrogen-bond acceptors (Lipinski definition) is 0. The van der Waals surface area contributed by atoms with E-state index in [0.29, 0.717) is 0 Å². The van der Waals surface area contributed by atoms with Gasteiger partial charge in [0.2, 0.25) is 0 Å². The molecule has 0 saturated carbocycles. The molecule has 0 nitrogen and oxygen atoms in total. The van der Waals surface area contributed by atoms with Crippen LogP contribution in [-0.4, -0.2) is 0 Å². The number of hydrogen-bond donors (Lipinski definition) is 0. The number of rotatable bonds is 1. The van der Waals surface area contributed by atoms with E-state index in [2.05, 4.69) is 24.3 Å². The average Bonchev–Trinajstić information content (AvgIpc) is 2.64. The lowest BCUT2D eigenvalue weighted by Gasteiger charge is -2.27. The third-order valence-corrected chi connectivity index (χ3v) is 5.78. The summed E-state index contributed by atoms with van der Waals surface area (Å²) in [6, 6.07) is 0. The van der Waals surface area contributed by atoms with Crippen molar-refractivity contribution in [3.05, 3.63) is 24.3 Å². The van der Waals surface area contributed by atoms with Crippen molar-refractivity contribution in [3.63, 3.8) is 0 Å². The van der Waals surface area contributed by atoms with Gasteiger partial charge in [-0.1, -0.05) is 62.8 Å². The maximum absolute atomic E-state index is 2.45. The van der Waals surface area contributed by atoms with Gasteiger partial charge in [0.05, 0.1) is 0 Å². The second kappa shape index (κ2) is 12.0. The first-order valence-corrected chi connectivity index (χ1v) is 10.3. The molecule has 0 aromatic carbocycles. The maximum Gasteiger partial charge on any atom is -0.0351 e. The van der Waals surface area contributed by atoms with Crippen molar-refractivity contribution in [1.29, 1.82) is 0 Å². The molecule has 0 spiro atoms. The highest BCUT2D eigenvalue weighted by atomic mass is 14.3. The van der Waals surface area contributed by atoms with Crippen LogP contribution in [0.1, 0.15) is 103 Å². The first kappa shape index (κ1) is 17.8. The van der Waals surface area contributed by atoms with Crippen molar-refractivity contribution in [2.45, 2.75) is 103 Å². The standard InChI is InChI=1S/C22H38/c1-2-6-10-14-18-21(17-13-9-5-1)22-19-15-11-7-3-4-8-12-16-20-22/h1,3,5,7,21-22H,2,4,6,8-20H2/b5-1-,7-3?. The Kier molecular flexibility index (Phi) is 9.70. The fraction of sp³-hybridized carbons (Fsp3) is 0.818. The molecule has 0 aromatic heterocycles. The van der Waals surface area contributed by atoms with E-state index in [0.717, 1.165) is 11.8 Å². The lowest BCUT2D eigenvalue weighted by Crippen LogP contribution is -2.16. The first-order chi connectivity index (χ1) is 11.0. The van der Waals surface area contributed by atoms with E-state index in [1.165, 1.54) is 103 Å². The van der Waals surface area contributed by atoms with Crippen LogP contribution >= 0.6 is 0 Å². The fourth-order valence-corrected chi connectivity index (χ4v) is 4.39.